The Kier molecular flexibility index (Phi) is 16.2. The summed E-state index contributed by atoms with van der Waals surface area (Å²) in [7, 11) is 0. The van der Waals surface area contributed by atoms with Gasteiger partial charge in [0.05, 0.1) is 30.6 Å². The highest BCUT2D eigenvalue weighted by Gasteiger charge is 2.53. The third-order valence-electron chi connectivity index (χ3n) is 11.1. The summed E-state index contributed by atoms with van der Waals surface area (Å²) in [6.07, 6.45) is 11.1. The van der Waals surface area contributed by atoms with E-state index in [-0.39, 0.29) is 44.5 Å². The van der Waals surface area contributed by atoms with Gasteiger partial charge in [0.2, 0.25) is 11.8 Å². The normalized spacial score (nSPS) is 18.2. The van der Waals surface area contributed by atoms with Gasteiger partial charge in [-0.2, -0.15) is 0 Å². The predicted molar refractivity (Wildman–Crippen MR) is 234 cm³/mol. The van der Waals surface area contributed by atoms with Crippen molar-refractivity contribution in [1.82, 2.24) is 10.2 Å². The van der Waals surface area contributed by atoms with Gasteiger partial charge in [-0.15, -0.1) is 0 Å². The molecule has 0 fully saturated rings. The second-order valence-electron chi connectivity index (χ2n) is 15.7. The molecule has 1 unspecified atom stereocenters. The maximum atomic E-state index is 14.6. The van der Waals surface area contributed by atoms with Crippen LogP contribution in [0.4, 0.5) is 17.1 Å². The Balaban J connectivity index is 1.50. The van der Waals surface area contributed by atoms with Crippen LogP contribution in [0.5, 0.6) is 5.75 Å². The number of amides is 3. The maximum Gasteiger partial charge on any atom is 0.264 e. The summed E-state index contributed by atoms with van der Waals surface area (Å²) in [6.45, 7) is 11.6. The molecule has 3 atom stereocenters. The van der Waals surface area contributed by atoms with Gasteiger partial charge < -0.3 is 35.2 Å². The van der Waals surface area contributed by atoms with E-state index in [0.717, 1.165) is 29.5 Å². The van der Waals surface area contributed by atoms with Crippen LogP contribution in [0.25, 0.3) is 0 Å². The molecule has 4 N–H and O–H groups in total. The fraction of sp³-hybridized carbons (Fsp3) is 0.438. The molecule has 59 heavy (non-hydrogen) atoms. The van der Waals surface area contributed by atoms with E-state index < -0.39 is 23.5 Å². The molecule has 0 aromatic heterocycles. The third kappa shape index (κ3) is 11.0. The molecule has 2 heterocycles. The third-order valence-corrected chi connectivity index (χ3v) is 11.1. The van der Waals surface area contributed by atoms with Gasteiger partial charge in [-0.05, 0) is 114 Å². The number of unbranched alkanes of at least 4 members (excludes halogenated alkanes) is 1. The Morgan fingerprint density at radius 3 is 2.47 bits per heavy atom. The molecule has 2 aliphatic heterocycles. The van der Waals surface area contributed by atoms with Gasteiger partial charge in [0, 0.05) is 49.8 Å². The summed E-state index contributed by atoms with van der Waals surface area (Å²) in [5, 5.41) is 35.1. The zero-order valence-electron chi connectivity index (χ0n) is 35.3. The van der Waals surface area contributed by atoms with Gasteiger partial charge in [-0.1, -0.05) is 72.7 Å². The first-order valence-corrected chi connectivity index (χ1v) is 20.9. The van der Waals surface area contributed by atoms with Gasteiger partial charge in [0.25, 0.3) is 5.91 Å². The van der Waals surface area contributed by atoms with Crippen molar-refractivity contribution in [2.45, 2.75) is 91.3 Å². The molecular weight excluding hydrogens is 745 g/mol. The van der Waals surface area contributed by atoms with Crippen LogP contribution < -0.4 is 19.9 Å². The maximum absolute atomic E-state index is 14.6. The van der Waals surface area contributed by atoms with E-state index in [4.69, 9.17) is 4.74 Å². The average molecular weight is 807 g/mol. The van der Waals surface area contributed by atoms with Crippen LogP contribution in [0.15, 0.2) is 102 Å². The summed E-state index contributed by atoms with van der Waals surface area (Å²) >= 11 is 0. The molecule has 316 valence electrons. The van der Waals surface area contributed by atoms with E-state index in [0.29, 0.717) is 67.3 Å². The van der Waals surface area contributed by atoms with Crippen molar-refractivity contribution in [1.29, 1.82) is 0 Å². The number of carbonyl (C=O) groups is 3. The van der Waals surface area contributed by atoms with Crippen molar-refractivity contribution in [2.24, 2.45) is 5.92 Å². The second-order valence-corrected chi connectivity index (χ2v) is 15.7. The summed E-state index contributed by atoms with van der Waals surface area (Å²) in [5.74, 6) is -0.901. The molecule has 3 amide bonds. The van der Waals surface area contributed by atoms with Crippen LogP contribution in [0, 0.1) is 5.92 Å². The highest BCUT2D eigenvalue weighted by atomic mass is 16.5. The quantitative estimate of drug-likeness (QED) is 0.0676. The standard InChI is InChI=1S/C48H62N4O7/c1-6-59-40-21-23-43-38(30-40)31-42(49-25-10-11-28-53)46(56)52(43)39-20-22-44-41(32-39)48(58,47(57)51(44)26-24-35(4)15-12-14-34(2)3)36(5)16-13-19-45(55)50(27-29-54)33-37-17-8-7-9-18-37/h7-9,13-14,16-18,20-24,30,32,36,42,49,53-54,58H,6,10-12,15,19,25-29,31,33H2,1-5H3/b16-13+,35-24+/t36-,42?,48+/m0/s1. The van der Waals surface area contributed by atoms with Crippen LogP contribution in [0.1, 0.15) is 83.4 Å². The molecule has 3 aromatic rings. The fourth-order valence-electron chi connectivity index (χ4n) is 7.77. The zero-order chi connectivity index (χ0) is 42.5. The number of ether oxygens (including phenoxy) is 1. The van der Waals surface area contributed by atoms with Gasteiger partial charge >= 0.3 is 0 Å². The molecule has 0 spiro atoms. The van der Waals surface area contributed by atoms with E-state index in [1.807, 2.05) is 80.6 Å². The number of nitrogens with zero attached hydrogens (tertiary/aromatic N) is 3. The minimum absolute atomic E-state index is 0.0150. The van der Waals surface area contributed by atoms with Crippen LogP contribution in [0.3, 0.4) is 0 Å². The Labute approximate surface area is 349 Å². The van der Waals surface area contributed by atoms with Crippen molar-refractivity contribution < 1.29 is 34.4 Å². The molecule has 0 saturated carbocycles. The largest absolute Gasteiger partial charge is 0.494 e. The average Bonchev–Trinajstić information content (AvgIpc) is 3.44. The molecule has 11 nitrogen and oxygen atoms in total. The minimum atomic E-state index is -2.01. The van der Waals surface area contributed by atoms with E-state index >= 15 is 0 Å². The number of aliphatic hydroxyl groups excluding tert-OH is 2. The van der Waals surface area contributed by atoms with Crippen molar-refractivity contribution >= 4 is 34.8 Å². The first kappa shape index (κ1) is 45.0. The van der Waals surface area contributed by atoms with Crippen LogP contribution in [0.2, 0.25) is 0 Å². The molecule has 0 radical (unpaired) electrons. The number of carbonyl (C=O) groups excluding carboxylic acids is 3. The van der Waals surface area contributed by atoms with Crippen molar-refractivity contribution in [3.63, 3.8) is 0 Å². The minimum Gasteiger partial charge on any atom is -0.494 e. The summed E-state index contributed by atoms with van der Waals surface area (Å²) in [4.78, 5) is 47.2. The van der Waals surface area contributed by atoms with Crippen molar-refractivity contribution in [3.05, 3.63) is 119 Å². The number of allylic oxidation sites excluding steroid dienone is 3. The van der Waals surface area contributed by atoms with Crippen LogP contribution >= 0.6 is 0 Å². The Bertz CT molecular complexity index is 2010. The number of hydrogen-bond donors (Lipinski definition) is 4. The number of nitrogens with one attached hydrogen (secondary N) is 1. The lowest BCUT2D eigenvalue weighted by atomic mass is 9.82. The molecule has 0 aliphatic carbocycles. The highest BCUT2D eigenvalue weighted by Crippen LogP contribution is 2.48. The molecule has 2 aliphatic rings. The predicted octanol–water partition coefficient (Wildman–Crippen LogP) is 6.87. The fourth-order valence-corrected chi connectivity index (χ4v) is 7.77. The molecule has 3 aromatic carbocycles. The highest BCUT2D eigenvalue weighted by molar-refractivity contribution is 6.10. The number of hydrogen-bond acceptors (Lipinski definition) is 8. The zero-order valence-corrected chi connectivity index (χ0v) is 35.3. The summed E-state index contributed by atoms with van der Waals surface area (Å²) in [6, 6.07) is 20.1. The smallest absolute Gasteiger partial charge is 0.264 e. The SMILES string of the molecule is CCOc1ccc2c(c1)CC(NCCCCO)C(=O)N2c1ccc2c(c1)[C@](O)([C@@H](C)/C=C/CC(=O)N(CCO)Cc1ccccc1)C(=O)N2C/C=C(\C)CCC=C(C)C. The van der Waals surface area contributed by atoms with Gasteiger partial charge in [-0.25, -0.2) is 0 Å². The monoisotopic (exact) mass is 806 g/mol. The van der Waals surface area contributed by atoms with E-state index in [9.17, 15) is 29.7 Å². The molecule has 5 rings (SSSR count). The van der Waals surface area contributed by atoms with Gasteiger partial charge in [0.1, 0.15) is 5.75 Å². The number of aliphatic hydroxyl groups is 3. The Morgan fingerprint density at radius 1 is 1.00 bits per heavy atom. The number of benzene rings is 3. The van der Waals surface area contributed by atoms with Crippen LogP contribution in [-0.2, 0) is 33.0 Å². The van der Waals surface area contributed by atoms with Gasteiger partial charge in [0.15, 0.2) is 5.60 Å². The lowest BCUT2D eigenvalue weighted by Gasteiger charge is -2.35. The number of anilines is 3. The number of rotatable bonds is 21. The Morgan fingerprint density at radius 2 is 1.76 bits per heavy atom. The Hall–Kier alpha value is -5.07. The van der Waals surface area contributed by atoms with E-state index in [1.54, 1.807) is 39.8 Å². The van der Waals surface area contributed by atoms with E-state index in [2.05, 4.69) is 25.2 Å². The molecule has 0 bridgehead atoms. The first-order valence-electron chi connectivity index (χ1n) is 20.9. The van der Waals surface area contributed by atoms with Gasteiger partial charge in [-0.3, -0.25) is 19.3 Å². The lowest BCUT2D eigenvalue weighted by Crippen LogP contribution is -2.49. The molecular formula is C48H62N4O7. The summed E-state index contributed by atoms with van der Waals surface area (Å²) < 4.78 is 5.82. The molecule has 0 saturated heterocycles. The van der Waals surface area contributed by atoms with Crippen molar-refractivity contribution in [3.8, 4) is 5.75 Å². The molecule has 11 heteroatoms. The lowest BCUT2D eigenvalue weighted by molar-refractivity contribution is -0.139. The summed E-state index contributed by atoms with van der Waals surface area (Å²) in [5.41, 5.74) is 4.36. The van der Waals surface area contributed by atoms with E-state index in [1.165, 1.54) is 5.57 Å². The van der Waals surface area contributed by atoms with Crippen LogP contribution in [-0.4, -0.2) is 83.4 Å². The van der Waals surface area contributed by atoms with Crippen molar-refractivity contribution in [2.75, 3.05) is 49.3 Å². The number of fused-ring (bicyclic) bond motifs is 2. The first-order chi connectivity index (χ1) is 28.4. The topological polar surface area (TPSA) is 143 Å². The second kappa shape index (κ2) is 21.3.